The highest BCUT2D eigenvalue weighted by molar-refractivity contribution is 7.98. The third kappa shape index (κ3) is 4.34. The minimum atomic E-state index is -0.556. The van der Waals surface area contributed by atoms with E-state index in [1.165, 1.54) is 0 Å². The average molecular weight is 417 g/mol. The third-order valence-electron chi connectivity index (χ3n) is 6.03. The number of carbonyl (C=O) groups excluding carboxylic acids is 1. The van der Waals surface area contributed by atoms with Crippen molar-refractivity contribution in [2.75, 3.05) is 31.8 Å². The van der Waals surface area contributed by atoms with Crippen molar-refractivity contribution in [1.29, 1.82) is 0 Å². The van der Waals surface area contributed by atoms with Crippen LogP contribution in [0.4, 0.5) is 5.69 Å². The molecule has 1 aromatic heterocycles. The normalized spacial score (nSPS) is 20.4. The lowest BCUT2D eigenvalue weighted by atomic mass is 9.90. The van der Waals surface area contributed by atoms with Crippen LogP contribution in [0.1, 0.15) is 50.2 Å². The fourth-order valence-corrected chi connectivity index (χ4v) is 4.28. The maximum Gasteiger partial charge on any atom is 0.258 e. The lowest BCUT2D eigenvalue weighted by Gasteiger charge is -2.40. The number of carbonyl (C=O) groups is 1. The molecule has 1 amide bonds. The van der Waals surface area contributed by atoms with Crippen LogP contribution in [0, 0.1) is 0 Å². The van der Waals surface area contributed by atoms with Crippen LogP contribution < -0.4 is 5.32 Å². The summed E-state index contributed by atoms with van der Waals surface area (Å²) in [5.41, 5.74) is 0.273. The molecule has 1 saturated carbocycles. The summed E-state index contributed by atoms with van der Waals surface area (Å²) in [5, 5.41) is 7.18. The van der Waals surface area contributed by atoms with Crippen LogP contribution in [0.3, 0.4) is 0 Å². The number of nitrogens with zero attached hydrogens (tertiary/aromatic N) is 3. The van der Waals surface area contributed by atoms with E-state index in [-0.39, 0.29) is 11.9 Å². The Morgan fingerprint density at radius 3 is 2.79 bits per heavy atom. The summed E-state index contributed by atoms with van der Waals surface area (Å²) in [4.78, 5) is 20.7. The van der Waals surface area contributed by atoms with Gasteiger partial charge in [0.05, 0.1) is 6.04 Å². The predicted molar refractivity (Wildman–Crippen MR) is 112 cm³/mol. The highest BCUT2D eigenvalue weighted by Crippen LogP contribution is 2.41. The van der Waals surface area contributed by atoms with Gasteiger partial charge in [0.1, 0.15) is 5.60 Å². The van der Waals surface area contributed by atoms with Gasteiger partial charge in [-0.2, -0.15) is 4.98 Å². The highest BCUT2D eigenvalue weighted by atomic mass is 32.2. The van der Waals surface area contributed by atoms with Gasteiger partial charge in [0, 0.05) is 36.7 Å². The van der Waals surface area contributed by atoms with E-state index in [9.17, 15) is 4.79 Å². The van der Waals surface area contributed by atoms with Gasteiger partial charge in [-0.05, 0) is 57.1 Å². The molecule has 1 atom stereocenters. The van der Waals surface area contributed by atoms with Gasteiger partial charge in [-0.25, -0.2) is 0 Å². The van der Waals surface area contributed by atoms with Gasteiger partial charge >= 0.3 is 0 Å². The number of anilines is 1. The van der Waals surface area contributed by atoms with Crippen LogP contribution in [0.5, 0.6) is 0 Å². The maximum absolute atomic E-state index is 12.8. The molecule has 0 radical (unpaired) electrons. The molecule has 2 heterocycles. The monoisotopic (exact) mass is 416 g/mol. The first-order valence-electron chi connectivity index (χ1n) is 10.1. The van der Waals surface area contributed by atoms with E-state index in [1.54, 1.807) is 18.9 Å². The summed E-state index contributed by atoms with van der Waals surface area (Å²) in [6, 6.07) is 7.68. The van der Waals surface area contributed by atoms with Crippen molar-refractivity contribution >= 4 is 23.4 Å². The van der Waals surface area contributed by atoms with Crippen molar-refractivity contribution in [3.05, 3.63) is 36.0 Å². The summed E-state index contributed by atoms with van der Waals surface area (Å²) in [5.74, 6) is 1.84. The number of ether oxygens (including phenoxy) is 1. The smallest absolute Gasteiger partial charge is 0.258 e. The number of thioether (sulfide) groups is 1. The third-order valence-corrected chi connectivity index (χ3v) is 6.76. The molecule has 1 N–H and O–H groups in total. The molecule has 0 unspecified atom stereocenters. The van der Waals surface area contributed by atoms with Crippen molar-refractivity contribution in [1.82, 2.24) is 15.0 Å². The standard InChI is InChI=1S/C21H28N4O3S/c1-14(19(26)22-16-5-4-6-17(13-16)29-3)25-11-9-21(27-2,10-12-25)20-23-18(24-28-20)15-7-8-15/h4-6,13-15H,7-12H2,1-3H3,(H,22,26)/t14-/m1/s1. The largest absolute Gasteiger partial charge is 0.368 e. The van der Waals surface area contributed by atoms with Gasteiger partial charge in [0.25, 0.3) is 5.89 Å². The van der Waals surface area contributed by atoms with E-state index < -0.39 is 5.60 Å². The van der Waals surface area contributed by atoms with Crippen molar-refractivity contribution in [2.24, 2.45) is 0 Å². The minimum Gasteiger partial charge on any atom is -0.368 e. The fraction of sp³-hybridized carbons (Fsp3) is 0.571. The summed E-state index contributed by atoms with van der Waals surface area (Å²) >= 11 is 1.66. The predicted octanol–water partition coefficient (Wildman–Crippen LogP) is 3.63. The van der Waals surface area contributed by atoms with Crippen LogP contribution in [-0.4, -0.2) is 53.4 Å². The highest BCUT2D eigenvalue weighted by Gasteiger charge is 2.43. The van der Waals surface area contributed by atoms with Gasteiger partial charge < -0.3 is 14.6 Å². The number of aromatic nitrogens is 2. The molecule has 8 heteroatoms. The number of benzene rings is 1. The van der Waals surface area contributed by atoms with E-state index >= 15 is 0 Å². The Hall–Kier alpha value is -1.90. The number of likely N-dealkylation sites (tertiary alicyclic amines) is 1. The first kappa shape index (κ1) is 20.4. The Balaban J connectivity index is 1.37. The molecule has 29 heavy (non-hydrogen) atoms. The maximum atomic E-state index is 12.8. The number of hydrogen-bond donors (Lipinski definition) is 1. The molecule has 2 fully saturated rings. The number of methoxy groups -OCH3 is 1. The van der Waals surface area contributed by atoms with Crippen LogP contribution in [0.25, 0.3) is 0 Å². The van der Waals surface area contributed by atoms with Gasteiger partial charge in [-0.15, -0.1) is 11.8 Å². The second-order valence-electron chi connectivity index (χ2n) is 7.86. The molecular formula is C21H28N4O3S. The molecule has 1 aliphatic heterocycles. The van der Waals surface area contributed by atoms with Crippen LogP contribution in [0.15, 0.2) is 33.7 Å². The van der Waals surface area contributed by atoms with E-state index in [1.807, 2.05) is 37.4 Å². The SMILES string of the molecule is COC1(c2nc(C3CC3)no2)CCN([C@H](C)C(=O)Nc2cccc(SC)c2)CC1. The number of amides is 1. The number of rotatable bonds is 7. The van der Waals surface area contributed by atoms with E-state index in [2.05, 4.69) is 20.4 Å². The summed E-state index contributed by atoms with van der Waals surface area (Å²) in [6.45, 7) is 3.41. The molecule has 1 aromatic carbocycles. The molecule has 1 saturated heterocycles. The van der Waals surface area contributed by atoms with Gasteiger partial charge in [-0.1, -0.05) is 11.2 Å². The number of hydrogen-bond acceptors (Lipinski definition) is 7. The molecule has 2 aromatic rings. The second kappa shape index (κ2) is 8.45. The summed E-state index contributed by atoms with van der Waals surface area (Å²) in [7, 11) is 1.70. The van der Waals surface area contributed by atoms with E-state index in [0.717, 1.165) is 55.2 Å². The summed E-state index contributed by atoms with van der Waals surface area (Å²) < 4.78 is 11.4. The number of nitrogens with one attached hydrogen (secondary N) is 1. The van der Waals surface area contributed by atoms with Gasteiger partial charge in [0.15, 0.2) is 5.82 Å². The molecule has 2 aliphatic rings. The molecule has 156 valence electrons. The molecule has 7 nitrogen and oxygen atoms in total. The zero-order chi connectivity index (χ0) is 20.4. The topological polar surface area (TPSA) is 80.5 Å². The lowest BCUT2D eigenvalue weighted by Crippen LogP contribution is -2.50. The van der Waals surface area contributed by atoms with Crippen molar-refractivity contribution in [3.63, 3.8) is 0 Å². The molecule has 0 spiro atoms. The Labute approximate surface area is 175 Å². The van der Waals surface area contributed by atoms with Crippen LogP contribution in [-0.2, 0) is 15.1 Å². The molecular weight excluding hydrogens is 388 g/mol. The average Bonchev–Trinajstić information content (AvgIpc) is 3.49. The van der Waals surface area contributed by atoms with Crippen LogP contribution >= 0.6 is 11.8 Å². The zero-order valence-corrected chi connectivity index (χ0v) is 18.0. The molecule has 1 aliphatic carbocycles. The Morgan fingerprint density at radius 1 is 1.38 bits per heavy atom. The van der Waals surface area contributed by atoms with Gasteiger partial charge in [0.2, 0.25) is 5.91 Å². The first-order valence-corrected chi connectivity index (χ1v) is 11.4. The lowest BCUT2D eigenvalue weighted by molar-refractivity contribution is -0.125. The quantitative estimate of drug-likeness (QED) is 0.690. The minimum absolute atomic E-state index is 0.00183. The Kier molecular flexibility index (Phi) is 5.94. The Bertz CT molecular complexity index is 859. The van der Waals surface area contributed by atoms with E-state index in [0.29, 0.717) is 11.8 Å². The Morgan fingerprint density at radius 2 is 2.14 bits per heavy atom. The number of piperidine rings is 1. The van der Waals surface area contributed by atoms with Crippen molar-refractivity contribution < 1.29 is 14.1 Å². The van der Waals surface area contributed by atoms with Gasteiger partial charge in [-0.3, -0.25) is 9.69 Å². The fourth-order valence-electron chi connectivity index (χ4n) is 3.82. The zero-order valence-electron chi connectivity index (χ0n) is 17.2. The summed E-state index contributed by atoms with van der Waals surface area (Å²) in [6.07, 6.45) is 5.74. The van der Waals surface area contributed by atoms with Crippen molar-refractivity contribution in [2.45, 2.75) is 55.1 Å². The first-order chi connectivity index (χ1) is 14.0. The van der Waals surface area contributed by atoms with Crippen LogP contribution in [0.2, 0.25) is 0 Å². The molecule has 4 rings (SSSR count). The second-order valence-corrected chi connectivity index (χ2v) is 8.74. The van der Waals surface area contributed by atoms with Crippen molar-refractivity contribution in [3.8, 4) is 0 Å². The van der Waals surface area contributed by atoms with E-state index in [4.69, 9.17) is 9.26 Å². The molecule has 0 bridgehead atoms.